The van der Waals surface area contributed by atoms with E-state index in [1.165, 1.54) is 0 Å². The van der Waals surface area contributed by atoms with E-state index < -0.39 is 0 Å². The molecule has 8 heteroatoms. The lowest BCUT2D eigenvalue weighted by atomic mass is 10.1. The lowest BCUT2D eigenvalue weighted by molar-refractivity contribution is -0.118. The third-order valence-electron chi connectivity index (χ3n) is 6.03. The minimum absolute atomic E-state index is 0.0381. The molecule has 1 fully saturated rings. The highest BCUT2D eigenvalue weighted by atomic mass is 16.5. The van der Waals surface area contributed by atoms with Crippen LogP contribution in [0.3, 0.4) is 0 Å². The number of ketones is 1. The fraction of sp³-hybridized carbons (Fsp3) is 0.250. The Balaban J connectivity index is 1.25. The number of nitrogens with zero attached hydrogens (tertiary/aromatic N) is 2. The summed E-state index contributed by atoms with van der Waals surface area (Å²) in [5.74, 6) is 0.871. The first-order valence-electron chi connectivity index (χ1n) is 11.7. The van der Waals surface area contributed by atoms with Crippen molar-refractivity contribution < 1.29 is 23.9 Å². The maximum absolute atomic E-state index is 13.0. The number of hydrogen-bond acceptors (Lipinski definition) is 6. The van der Waals surface area contributed by atoms with Gasteiger partial charge in [0.05, 0.1) is 7.11 Å². The molecule has 4 rings (SSSR count). The molecule has 0 atom stereocenters. The average Bonchev–Trinajstić information content (AvgIpc) is 2.92. The van der Waals surface area contributed by atoms with E-state index in [1.54, 1.807) is 62.6 Å². The molecule has 3 aromatic rings. The van der Waals surface area contributed by atoms with Gasteiger partial charge in [-0.15, -0.1) is 0 Å². The number of anilines is 2. The Kier molecular flexibility index (Phi) is 7.85. The van der Waals surface area contributed by atoms with Gasteiger partial charge in [-0.25, -0.2) is 0 Å². The summed E-state index contributed by atoms with van der Waals surface area (Å²) in [6.07, 6.45) is 0. The number of nitrogens with one attached hydrogen (secondary N) is 1. The molecule has 0 saturated carbocycles. The molecule has 3 aromatic carbocycles. The molecule has 0 aliphatic carbocycles. The first kappa shape index (κ1) is 24.8. The van der Waals surface area contributed by atoms with Crippen molar-refractivity contribution in [1.29, 1.82) is 0 Å². The van der Waals surface area contributed by atoms with Gasteiger partial charge in [0.1, 0.15) is 11.5 Å². The predicted octanol–water partition coefficient (Wildman–Crippen LogP) is 3.88. The van der Waals surface area contributed by atoms with Crippen LogP contribution in [0.5, 0.6) is 11.5 Å². The summed E-state index contributed by atoms with van der Waals surface area (Å²) >= 11 is 0. The number of methoxy groups -OCH3 is 1. The summed E-state index contributed by atoms with van der Waals surface area (Å²) in [5, 5.41) is 2.76. The maximum atomic E-state index is 13.0. The lowest BCUT2D eigenvalue weighted by Gasteiger charge is -2.36. The number of carbonyl (C=O) groups is 3. The molecule has 1 aliphatic heterocycles. The Morgan fingerprint density at radius 1 is 0.833 bits per heavy atom. The summed E-state index contributed by atoms with van der Waals surface area (Å²) < 4.78 is 10.7. The number of ether oxygens (including phenoxy) is 2. The standard InChI is InChI=1S/C28H29N3O5/c1-20(32)21-6-10-24(11-7-21)30-14-16-31(17-15-30)28(34)22-8-12-25(13-9-22)36-19-27(33)29-23-4-3-5-26(18-23)35-2/h3-13,18H,14-17,19H2,1-2H3,(H,29,33). The average molecular weight is 488 g/mol. The number of amides is 2. The summed E-state index contributed by atoms with van der Waals surface area (Å²) in [6, 6.07) is 21.5. The smallest absolute Gasteiger partial charge is 0.262 e. The number of Topliss-reactive ketones (excluding diaryl/α,β-unsaturated/α-hetero) is 1. The van der Waals surface area contributed by atoms with Crippen LogP contribution in [0.4, 0.5) is 11.4 Å². The number of piperazine rings is 1. The minimum Gasteiger partial charge on any atom is -0.497 e. The SMILES string of the molecule is COc1cccc(NC(=O)COc2ccc(C(=O)N3CCN(c4ccc(C(C)=O)cc4)CC3)cc2)c1. The largest absolute Gasteiger partial charge is 0.497 e. The fourth-order valence-electron chi connectivity index (χ4n) is 4.00. The molecule has 0 radical (unpaired) electrons. The first-order chi connectivity index (χ1) is 17.4. The lowest BCUT2D eigenvalue weighted by Crippen LogP contribution is -2.48. The minimum atomic E-state index is -0.294. The van der Waals surface area contributed by atoms with Crippen LogP contribution in [-0.2, 0) is 4.79 Å². The van der Waals surface area contributed by atoms with Crippen molar-refractivity contribution >= 4 is 29.0 Å². The van der Waals surface area contributed by atoms with E-state index in [0.29, 0.717) is 41.4 Å². The Hall–Kier alpha value is -4.33. The van der Waals surface area contributed by atoms with Crippen LogP contribution >= 0.6 is 0 Å². The zero-order valence-corrected chi connectivity index (χ0v) is 20.4. The summed E-state index contributed by atoms with van der Waals surface area (Å²) in [6.45, 7) is 4.05. The number of carbonyl (C=O) groups excluding carboxylic acids is 3. The van der Waals surface area contributed by atoms with Crippen molar-refractivity contribution in [3.8, 4) is 11.5 Å². The second kappa shape index (κ2) is 11.4. The molecule has 36 heavy (non-hydrogen) atoms. The molecule has 1 heterocycles. The van der Waals surface area contributed by atoms with E-state index in [1.807, 2.05) is 29.2 Å². The van der Waals surface area contributed by atoms with Gasteiger partial charge >= 0.3 is 0 Å². The van der Waals surface area contributed by atoms with Crippen molar-refractivity contribution in [2.45, 2.75) is 6.92 Å². The van der Waals surface area contributed by atoms with E-state index in [-0.39, 0.29) is 24.2 Å². The molecule has 1 N–H and O–H groups in total. The molecular formula is C28H29N3O5. The van der Waals surface area contributed by atoms with Gasteiger partial charge < -0.3 is 24.6 Å². The van der Waals surface area contributed by atoms with Gasteiger partial charge in [0.2, 0.25) is 0 Å². The van der Waals surface area contributed by atoms with E-state index >= 15 is 0 Å². The number of hydrogen-bond donors (Lipinski definition) is 1. The highest BCUT2D eigenvalue weighted by Crippen LogP contribution is 2.20. The van der Waals surface area contributed by atoms with E-state index in [0.717, 1.165) is 18.8 Å². The van der Waals surface area contributed by atoms with Crippen LogP contribution in [0.1, 0.15) is 27.6 Å². The molecular weight excluding hydrogens is 458 g/mol. The Morgan fingerprint density at radius 2 is 1.50 bits per heavy atom. The van der Waals surface area contributed by atoms with Gasteiger partial charge in [0, 0.05) is 54.7 Å². The zero-order chi connectivity index (χ0) is 25.5. The third-order valence-corrected chi connectivity index (χ3v) is 6.03. The quantitative estimate of drug-likeness (QED) is 0.485. The van der Waals surface area contributed by atoms with E-state index in [9.17, 15) is 14.4 Å². The van der Waals surface area contributed by atoms with Crippen LogP contribution in [0, 0.1) is 0 Å². The second-order valence-electron chi connectivity index (χ2n) is 8.48. The molecule has 186 valence electrons. The van der Waals surface area contributed by atoms with Crippen molar-refractivity contribution in [3.05, 3.63) is 83.9 Å². The van der Waals surface area contributed by atoms with Crippen molar-refractivity contribution in [2.24, 2.45) is 0 Å². The van der Waals surface area contributed by atoms with Gasteiger partial charge in [-0.3, -0.25) is 14.4 Å². The monoisotopic (exact) mass is 487 g/mol. The fourth-order valence-corrected chi connectivity index (χ4v) is 4.00. The first-order valence-corrected chi connectivity index (χ1v) is 11.7. The van der Waals surface area contributed by atoms with Crippen LogP contribution in [0.2, 0.25) is 0 Å². The normalized spacial score (nSPS) is 13.2. The highest BCUT2D eigenvalue weighted by Gasteiger charge is 2.22. The van der Waals surface area contributed by atoms with E-state index in [4.69, 9.17) is 9.47 Å². The molecule has 2 amide bonds. The summed E-state index contributed by atoms with van der Waals surface area (Å²) in [7, 11) is 1.57. The molecule has 1 saturated heterocycles. The van der Waals surface area contributed by atoms with Gasteiger partial charge in [-0.1, -0.05) is 6.07 Å². The van der Waals surface area contributed by atoms with Gasteiger partial charge in [-0.2, -0.15) is 0 Å². The van der Waals surface area contributed by atoms with E-state index in [2.05, 4.69) is 10.2 Å². The third kappa shape index (κ3) is 6.21. The van der Waals surface area contributed by atoms with Gasteiger partial charge in [0.15, 0.2) is 12.4 Å². The zero-order valence-electron chi connectivity index (χ0n) is 20.4. The highest BCUT2D eigenvalue weighted by molar-refractivity contribution is 5.95. The van der Waals surface area contributed by atoms with Gasteiger partial charge in [-0.05, 0) is 67.6 Å². The topological polar surface area (TPSA) is 88.2 Å². The number of benzene rings is 3. The summed E-state index contributed by atoms with van der Waals surface area (Å²) in [4.78, 5) is 40.6. The number of rotatable bonds is 8. The van der Waals surface area contributed by atoms with Gasteiger partial charge in [0.25, 0.3) is 11.8 Å². The molecule has 0 unspecified atom stereocenters. The molecule has 1 aliphatic rings. The van der Waals surface area contributed by atoms with Crippen molar-refractivity contribution in [2.75, 3.05) is 50.1 Å². The van der Waals surface area contributed by atoms with Crippen molar-refractivity contribution in [3.63, 3.8) is 0 Å². The van der Waals surface area contributed by atoms with Crippen LogP contribution in [0.25, 0.3) is 0 Å². The molecule has 0 spiro atoms. The molecule has 0 bridgehead atoms. The Morgan fingerprint density at radius 3 is 2.14 bits per heavy atom. The maximum Gasteiger partial charge on any atom is 0.262 e. The molecule has 0 aromatic heterocycles. The Labute approximate surface area is 210 Å². The van der Waals surface area contributed by atoms with Crippen LogP contribution in [0.15, 0.2) is 72.8 Å². The summed E-state index contributed by atoms with van der Waals surface area (Å²) in [5.41, 5.74) is 2.93. The Bertz CT molecular complexity index is 1220. The molecule has 8 nitrogen and oxygen atoms in total. The van der Waals surface area contributed by atoms with Crippen molar-refractivity contribution in [1.82, 2.24) is 4.90 Å². The van der Waals surface area contributed by atoms with Crippen LogP contribution in [-0.4, -0.2) is 62.4 Å². The van der Waals surface area contributed by atoms with Crippen LogP contribution < -0.4 is 19.7 Å². The second-order valence-corrected chi connectivity index (χ2v) is 8.48. The predicted molar refractivity (Wildman–Crippen MR) is 138 cm³/mol.